The van der Waals surface area contributed by atoms with Gasteiger partial charge in [-0.25, -0.2) is 0 Å². The normalized spacial score (nSPS) is 13.8. The summed E-state index contributed by atoms with van der Waals surface area (Å²) in [7, 11) is 2.02. The van der Waals surface area contributed by atoms with Crippen LogP contribution in [0, 0.1) is 0 Å². The van der Waals surface area contributed by atoms with Gasteiger partial charge in [0, 0.05) is 35.3 Å². The lowest BCUT2D eigenvalue weighted by molar-refractivity contribution is 0.509. The Balaban J connectivity index is 2.15. The van der Waals surface area contributed by atoms with Crippen LogP contribution in [0.15, 0.2) is 60.3 Å². The Morgan fingerprint density at radius 2 is 1.88 bits per heavy atom. The topological polar surface area (TPSA) is 25.2 Å². The van der Waals surface area contributed by atoms with Crippen molar-refractivity contribution in [3.63, 3.8) is 0 Å². The van der Waals surface area contributed by atoms with Gasteiger partial charge in [-0.2, -0.15) is 0 Å². The summed E-state index contributed by atoms with van der Waals surface area (Å²) in [5.41, 5.74) is 2.89. The minimum absolute atomic E-state index is 0.334. The fourth-order valence-corrected chi connectivity index (χ4v) is 2.13. The van der Waals surface area contributed by atoms with Gasteiger partial charge in [0.15, 0.2) is 0 Å². The second kappa shape index (κ2) is 3.67. The van der Waals surface area contributed by atoms with Crippen LogP contribution < -0.4 is 0 Å². The van der Waals surface area contributed by atoms with E-state index in [4.69, 9.17) is 0 Å². The third kappa shape index (κ3) is 1.58. The van der Waals surface area contributed by atoms with Gasteiger partial charge in [-0.1, -0.05) is 24.3 Å². The highest BCUT2D eigenvalue weighted by atomic mass is 16.3. The van der Waals surface area contributed by atoms with Crippen molar-refractivity contribution in [1.82, 2.24) is 4.57 Å². The Labute approximate surface area is 99.8 Å². The molecule has 0 bridgehead atoms. The molecule has 2 nitrogen and oxygen atoms in total. The zero-order valence-electron chi connectivity index (χ0n) is 9.59. The van der Waals surface area contributed by atoms with Crippen molar-refractivity contribution in [3.8, 4) is 0 Å². The van der Waals surface area contributed by atoms with E-state index in [9.17, 15) is 5.11 Å². The second-order valence-corrected chi connectivity index (χ2v) is 4.22. The minimum Gasteiger partial charge on any atom is -0.507 e. The number of aliphatic hydroxyl groups is 1. The molecule has 2 aromatic rings. The highest BCUT2D eigenvalue weighted by molar-refractivity contribution is 5.84. The van der Waals surface area contributed by atoms with Gasteiger partial charge >= 0.3 is 0 Å². The van der Waals surface area contributed by atoms with Crippen LogP contribution in [0.2, 0.25) is 0 Å². The molecule has 1 aliphatic rings. The summed E-state index contributed by atoms with van der Waals surface area (Å²) in [4.78, 5) is 0. The summed E-state index contributed by atoms with van der Waals surface area (Å²) in [5, 5.41) is 11.3. The van der Waals surface area contributed by atoms with E-state index in [1.165, 1.54) is 5.52 Å². The molecule has 0 amide bonds. The van der Waals surface area contributed by atoms with Crippen LogP contribution in [0.25, 0.3) is 16.7 Å². The molecular formula is C15H13NO. The summed E-state index contributed by atoms with van der Waals surface area (Å²) < 4.78 is 2.07. The lowest BCUT2D eigenvalue weighted by Crippen LogP contribution is -1.88. The molecule has 1 aromatic heterocycles. The molecule has 0 fully saturated rings. The summed E-state index contributed by atoms with van der Waals surface area (Å²) in [6.07, 6.45) is 9.68. The number of rotatable bonds is 1. The van der Waals surface area contributed by atoms with Crippen LogP contribution in [0.1, 0.15) is 5.56 Å². The Kier molecular flexibility index (Phi) is 2.15. The average molecular weight is 223 g/mol. The van der Waals surface area contributed by atoms with Crippen LogP contribution in [-0.4, -0.2) is 9.67 Å². The number of allylic oxidation sites excluding steroid dienone is 5. The lowest BCUT2D eigenvalue weighted by atomic mass is 10.1. The predicted octanol–water partition coefficient (Wildman–Crippen LogP) is 3.57. The number of nitrogens with zero attached hydrogens (tertiary/aromatic N) is 1. The van der Waals surface area contributed by atoms with Crippen molar-refractivity contribution in [2.45, 2.75) is 0 Å². The van der Waals surface area contributed by atoms with Crippen LogP contribution in [0.4, 0.5) is 0 Å². The summed E-state index contributed by atoms with van der Waals surface area (Å²) in [5.74, 6) is 0.334. The SMILES string of the molecule is Cn1ccc2cc(C(O)=C3C=CC=C3)ccc21. The van der Waals surface area contributed by atoms with E-state index < -0.39 is 0 Å². The smallest absolute Gasteiger partial charge is 0.130 e. The van der Waals surface area contributed by atoms with Crippen LogP contribution in [0.5, 0.6) is 0 Å². The number of hydrogen-bond donors (Lipinski definition) is 1. The van der Waals surface area contributed by atoms with Gasteiger partial charge in [0.1, 0.15) is 5.76 Å². The molecule has 0 radical (unpaired) electrons. The molecule has 84 valence electrons. The molecule has 0 saturated carbocycles. The minimum atomic E-state index is 0.334. The van der Waals surface area contributed by atoms with E-state index in [-0.39, 0.29) is 0 Å². The molecule has 1 heterocycles. The molecule has 0 atom stereocenters. The molecular weight excluding hydrogens is 210 g/mol. The van der Waals surface area contributed by atoms with E-state index in [1.54, 1.807) is 0 Å². The third-order valence-corrected chi connectivity index (χ3v) is 3.09. The van der Waals surface area contributed by atoms with Gasteiger partial charge in [0.25, 0.3) is 0 Å². The van der Waals surface area contributed by atoms with Crippen LogP contribution in [0.3, 0.4) is 0 Å². The Hall–Kier alpha value is -2.22. The fraction of sp³-hybridized carbons (Fsp3) is 0.0667. The molecule has 0 aliphatic heterocycles. The first kappa shape index (κ1) is 9.97. The first-order valence-corrected chi connectivity index (χ1v) is 5.59. The van der Waals surface area contributed by atoms with Gasteiger partial charge < -0.3 is 9.67 Å². The summed E-state index contributed by atoms with van der Waals surface area (Å²) in [6.45, 7) is 0. The first-order valence-electron chi connectivity index (χ1n) is 5.59. The Bertz CT molecular complexity index is 657. The number of benzene rings is 1. The van der Waals surface area contributed by atoms with Gasteiger partial charge in [-0.05, 0) is 24.3 Å². The number of fused-ring (bicyclic) bond motifs is 1. The molecule has 3 rings (SSSR count). The molecule has 1 aliphatic carbocycles. The number of hydrogen-bond acceptors (Lipinski definition) is 1. The van der Waals surface area contributed by atoms with E-state index in [1.807, 2.05) is 55.7 Å². The van der Waals surface area contributed by atoms with Crippen LogP contribution in [-0.2, 0) is 7.05 Å². The first-order chi connectivity index (χ1) is 8.25. The van der Waals surface area contributed by atoms with Gasteiger partial charge in [0.2, 0.25) is 0 Å². The second-order valence-electron chi connectivity index (χ2n) is 4.22. The average Bonchev–Trinajstić information content (AvgIpc) is 2.98. The van der Waals surface area contributed by atoms with E-state index in [0.717, 1.165) is 16.5 Å². The van der Waals surface area contributed by atoms with Crippen molar-refractivity contribution in [2.24, 2.45) is 7.05 Å². The summed E-state index contributed by atoms with van der Waals surface area (Å²) in [6, 6.07) is 8.04. The highest BCUT2D eigenvalue weighted by Crippen LogP contribution is 2.24. The largest absolute Gasteiger partial charge is 0.507 e. The van der Waals surface area contributed by atoms with Gasteiger partial charge in [-0.3, -0.25) is 0 Å². The third-order valence-electron chi connectivity index (χ3n) is 3.09. The van der Waals surface area contributed by atoms with Gasteiger partial charge in [0.05, 0.1) is 0 Å². The Morgan fingerprint density at radius 1 is 1.12 bits per heavy atom. The Morgan fingerprint density at radius 3 is 2.65 bits per heavy atom. The number of aryl methyl sites for hydroxylation is 1. The monoisotopic (exact) mass is 223 g/mol. The van der Waals surface area contributed by atoms with Crippen molar-refractivity contribution in [1.29, 1.82) is 0 Å². The van der Waals surface area contributed by atoms with Gasteiger partial charge in [-0.15, -0.1) is 0 Å². The maximum Gasteiger partial charge on any atom is 0.130 e. The fourth-order valence-electron chi connectivity index (χ4n) is 2.13. The summed E-state index contributed by atoms with van der Waals surface area (Å²) >= 11 is 0. The maximum atomic E-state index is 10.2. The van der Waals surface area contributed by atoms with E-state index in [0.29, 0.717) is 5.76 Å². The standard InChI is InChI=1S/C15H13NO/c1-16-9-8-12-10-13(6-7-14(12)16)15(17)11-4-2-3-5-11/h2-10,17H,1H3. The predicted molar refractivity (Wildman–Crippen MR) is 70.7 cm³/mol. The maximum absolute atomic E-state index is 10.2. The van der Waals surface area contributed by atoms with E-state index in [2.05, 4.69) is 10.6 Å². The molecule has 0 unspecified atom stereocenters. The zero-order chi connectivity index (χ0) is 11.8. The lowest BCUT2D eigenvalue weighted by Gasteiger charge is -2.04. The molecule has 17 heavy (non-hydrogen) atoms. The quantitative estimate of drug-likeness (QED) is 0.734. The van der Waals surface area contributed by atoms with Crippen molar-refractivity contribution >= 4 is 16.7 Å². The number of aliphatic hydroxyl groups excluding tert-OH is 1. The molecule has 1 aromatic carbocycles. The molecule has 2 heteroatoms. The molecule has 1 N–H and O–H groups in total. The van der Waals surface area contributed by atoms with E-state index >= 15 is 0 Å². The highest BCUT2D eigenvalue weighted by Gasteiger charge is 2.07. The molecule has 0 saturated heterocycles. The van der Waals surface area contributed by atoms with Crippen LogP contribution >= 0.6 is 0 Å². The molecule has 0 spiro atoms. The van der Waals surface area contributed by atoms with Crippen molar-refractivity contribution in [2.75, 3.05) is 0 Å². The van der Waals surface area contributed by atoms with Crippen molar-refractivity contribution < 1.29 is 5.11 Å². The van der Waals surface area contributed by atoms with Crippen molar-refractivity contribution in [3.05, 3.63) is 65.9 Å². The zero-order valence-corrected chi connectivity index (χ0v) is 9.59. The number of aromatic nitrogens is 1.